The van der Waals surface area contributed by atoms with Crippen molar-refractivity contribution in [3.63, 3.8) is 0 Å². The molecule has 1 saturated heterocycles. The number of halogens is 1. The zero-order valence-corrected chi connectivity index (χ0v) is 15.3. The third kappa shape index (κ3) is 4.82. The molecule has 0 amide bonds. The number of guanidine groups is 1. The Kier molecular flexibility index (Phi) is 7.94. The van der Waals surface area contributed by atoms with Crippen molar-refractivity contribution in [2.75, 3.05) is 47.0 Å². The van der Waals surface area contributed by atoms with Crippen molar-refractivity contribution >= 4 is 18.4 Å². The summed E-state index contributed by atoms with van der Waals surface area (Å²) < 4.78 is 16.5. The second-order valence-electron chi connectivity index (χ2n) is 5.41. The van der Waals surface area contributed by atoms with E-state index < -0.39 is 0 Å². The highest BCUT2D eigenvalue weighted by Gasteiger charge is 2.19. The summed E-state index contributed by atoms with van der Waals surface area (Å²) in [6.07, 6.45) is 0. The monoisotopic (exact) mass is 358 g/mol. The van der Waals surface area contributed by atoms with E-state index in [0.29, 0.717) is 23.9 Å². The van der Waals surface area contributed by atoms with Crippen LogP contribution in [0.3, 0.4) is 0 Å². The summed E-state index contributed by atoms with van der Waals surface area (Å²) >= 11 is 0. The topological polar surface area (TPSA) is 84.0 Å². The van der Waals surface area contributed by atoms with Crippen LogP contribution in [-0.4, -0.2) is 62.8 Å². The number of rotatable bonds is 6. The molecule has 7 nitrogen and oxygen atoms in total. The molecule has 24 heavy (non-hydrogen) atoms. The van der Waals surface area contributed by atoms with Crippen molar-refractivity contribution in [2.45, 2.75) is 13.5 Å². The minimum Gasteiger partial charge on any atom is -0.493 e. The Bertz CT molecular complexity index is 523. The summed E-state index contributed by atoms with van der Waals surface area (Å²) in [6.45, 7) is 6.58. The van der Waals surface area contributed by atoms with Gasteiger partial charge < -0.3 is 24.8 Å². The number of nitrogens with one attached hydrogen (secondary N) is 1. The third-order valence-corrected chi connectivity index (χ3v) is 3.93. The maximum atomic E-state index is 7.48. The minimum atomic E-state index is 0. The average molecular weight is 359 g/mol. The third-order valence-electron chi connectivity index (χ3n) is 3.93. The Morgan fingerprint density at radius 2 is 1.67 bits per heavy atom. The van der Waals surface area contributed by atoms with Gasteiger partial charge in [0.15, 0.2) is 17.5 Å². The number of benzene rings is 1. The van der Waals surface area contributed by atoms with Gasteiger partial charge in [-0.15, -0.1) is 12.4 Å². The molecule has 0 unspecified atom stereocenters. The molecule has 1 fully saturated rings. The average Bonchev–Trinajstić information content (AvgIpc) is 2.56. The van der Waals surface area contributed by atoms with Gasteiger partial charge in [-0.1, -0.05) is 0 Å². The second-order valence-corrected chi connectivity index (χ2v) is 5.41. The van der Waals surface area contributed by atoms with Gasteiger partial charge in [0.25, 0.3) is 0 Å². The van der Waals surface area contributed by atoms with Gasteiger partial charge in [-0.3, -0.25) is 10.3 Å². The highest BCUT2D eigenvalue weighted by Crippen LogP contribution is 2.38. The Balaban J connectivity index is 0.00000288. The fourth-order valence-electron chi connectivity index (χ4n) is 2.72. The lowest BCUT2D eigenvalue weighted by atomic mass is 10.1. The molecule has 2 rings (SSSR count). The molecule has 0 aromatic heterocycles. The first-order valence-electron chi connectivity index (χ1n) is 7.78. The number of nitrogens with two attached hydrogens (primary N) is 1. The van der Waals surface area contributed by atoms with Crippen LogP contribution in [-0.2, 0) is 6.54 Å². The van der Waals surface area contributed by atoms with E-state index in [9.17, 15) is 0 Å². The summed E-state index contributed by atoms with van der Waals surface area (Å²) in [7, 11) is 3.26. The fraction of sp³-hybridized carbons (Fsp3) is 0.562. The van der Waals surface area contributed by atoms with E-state index in [1.807, 2.05) is 24.0 Å². The standard InChI is InChI=1S/C16H26N4O3.ClH/c1-4-23-15-13(21-2)9-12(10-14(15)22-3)11-19-5-7-20(8-6-19)16(17)18;/h9-10H,4-8,11H2,1-3H3,(H3,17,18);1H. The van der Waals surface area contributed by atoms with Crippen LogP contribution in [0.4, 0.5) is 0 Å². The number of ether oxygens (including phenoxy) is 3. The van der Waals surface area contributed by atoms with Crippen LogP contribution in [0, 0.1) is 5.41 Å². The van der Waals surface area contributed by atoms with Crippen molar-refractivity contribution in [1.29, 1.82) is 5.41 Å². The van der Waals surface area contributed by atoms with Gasteiger partial charge in [-0.25, -0.2) is 0 Å². The van der Waals surface area contributed by atoms with E-state index >= 15 is 0 Å². The summed E-state index contributed by atoms with van der Waals surface area (Å²) in [6, 6.07) is 3.98. The van der Waals surface area contributed by atoms with Crippen molar-refractivity contribution in [1.82, 2.24) is 9.80 Å². The molecule has 0 aliphatic carbocycles. The molecule has 0 radical (unpaired) electrons. The molecule has 0 bridgehead atoms. The smallest absolute Gasteiger partial charge is 0.203 e. The Morgan fingerprint density at radius 1 is 1.12 bits per heavy atom. The van der Waals surface area contributed by atoms with Gasteiger partial charge in [0.2, 0.25) is 5.75 Å². The van der Waals surface area contributed by atoms with E-state index in [2.05, 4.69) is 4.90 Å². The number of methoxy groups -OCH3 is 2. The van der Waals surface area contributed by atoms with Crippen molar-refractivity contribution in [3.05, 3.63) is 17.7 Å². The molecule has 1 aromatic rings. The van der Waals surface area contributed by atoms with Gasteiger partial charge in [0.1, 0.15) is 0 Å². The summed E-state index contributed by atoms with van der Waals surface area (Å²) in [5.41, 5.74) is 6.64. The molecule has 3 N–H and O–H groups in total. The molecule has 8 heteroatoms. The molecule has 136 valence electrons. The SMILES string of the molecule is CCOc1c(OC)cc(CN2CCN(C(=N)N)CC2)cc1OC.Cl. The molecule has 0 spiro atoms. The van der Waals surface area contributed by atoms with Gasteiger partial charge in [0.05, 0.1) is 20.8 Å². The van der Waals surface area contributed by atoms with E-state index in [-0.39, 0.29) is 18.4 Å². The van der Waals surface area contributed by atoms with Crippen molar-refractivity contribution in [2.24, 2.45) is 5.73 Å². The Hall–Kier alpha value is -1.86. The Morgan fingerprint density at radius 3 is 2.08 bits per heavy atom. The number of piperazine rings is 1. The first-order chi connectivity index (χ1) is 11.1. The summed E-state index contributed by atoms with van der Waals surface area (Å²) in [5.74, 6) is 2.16. The molecular formula is C16H27ClN4O3. The van der Waals surface area contributed by atoms with Gasteiger partial charge >= 0.3 is 0 Å². The predicted molar refractivity (Wildman–Crippen MR) is 96.7 cm³/mol. The zero-order valence-electron chi connectivity index (χ0n) is 14.5. The van der Waals surface area contributed by atoms with Crippen LogP contribution in [0.2, 0.25) is 0 Å². The van der Waals surface area contributed by atoms with Crippen LogP contribution in [0.25, 0.3) is 0 Å². The quantitative estimate of drug-likeness (QED) is 0.592. The lowest BCUT2D eigenvalue weighted by Gasteiger charge is -2.35. The van der Waals surface area contributed by atoms with Crippen LogP contribution in [0.1, 0.15) is 12.5 Å². The first-order valence-corrected chi connectivity index (χ1v) is 7.78. The maximum absolute atomic E-state index is 7.48. The van der Waals surface area contributed by atoms with Crippen molar-refractivity contribution < 1.29 is 14.2 Å². The van der Waals surface area contributed by atoms with E-state index in [0.717, 1.165) is 38.3 Å². The normalized spacial score (nSPS) is 14.7. The molecule has 1 heterocycles. The highest BCUT2D eigenvalue weighted by molar-refractivity contribution is 5.85. The lowest BCUT2D eigenvalue weighted by molar-refractivity contribution is 0.173. The number of hydrogen-bond acceptors (Lipinski definition) is 5. The summed E-state index contributed by atoms with van der Waals surface area (Å²) in [5, 5.41) is 7.48. The van der Waals surface area contributed by atoms with Gasteiger partial charge in [-0.05, 0) is 24.6 Å². The lowest BCUT2D eigenvalue weighted by Crippen LogP contribution is -2.50. The van der Waals surface area contributed by atoms with Crippen LogP contribution < -0.4 is 19.9 Å². The highest BCUT2D eigenvalue weighted by atomic mass is 35.5. The van der Waals surface area contributed by atoms with Crippen molar-refractivity contribution in [3.8, 4) is 17.2 Å². The fourth-order valence-corrected chi connectivity index (χ4v) is 2.72. The molecule has 1 aliphatic rings. The van der Waals surface area contributed by atoms with Crippen LogP contribution in [0.15, 0.2) is 12.1 Å². The molecule has 0 atom stereocenters. The molecule has 1 aromatic carbocycles. The molecule has 0 saturated carbocycles. The van der Waals surface area contributed by atoms with Crippen LogP contribution in [0.5, 0.6) is 17.2 Å². The summed E-state index contributed by atoms with van der Waals surface area (Å²) in [4.78, 5) is 4.21. The van der Waals surface area contributed by atoms with Gasteiger partial charge in [0, 0.05) is 32.7 Å². The molecule has 1 aliphatic heterocycles. The molecular weight excluding hydrogens is 332 g/mol. The van der Waals surface area contributed by atoms with Gasteiger partial charge in [-0.2, -0.15) is 0 Å². The Labute approximate surface area is 149 Å². The van der Waals surface area contributed by atoms with E-state index in [1.165, 1.54) is 0 Å². The van der Waals surface area contributed by atoms with Crippen LogP contribution >= 0.6 is 12.4 Å². The van der Waals surface area contributed by atoms with E-state index in [4.69, 9.17) is 25.4 Å². The van der Waals surface area contributed by atoms with E-state index in [1.54, 1.807) is 14.2 Å². The predicted octanol–water partition coefficient (Wildman–Crippen LogP) is 1.54. The first kappa shape index (κ1) is 20.2. The largest absolute Gasteiger partial charge is 0.493 e. The number of nitrogens with zero attached hydrogens (tertiary/aromatic N) is 2. The maximum Gasteiger partial charge on any atom is 0.203 e. The number of hydrogen-bond donors (Lipinski definition) is 2. The zero-order chi connectivity index (χ0) is 16.8. The second kappa shape index (κ2) is 9.44. The minimum absolute atomic E-state index is 0.